The highest BCUT2D eigenvalue weighted by Crippen LogP contribution is 2.36. The van der Waals surface area contributed by atoms with Gasteiger partial charge in [0.15, 0.2) is 0 Å². The van der Waals surface area contributed by atoms with E-state index in [1.807, 2.05) is 0 Å². The molecule has 1 aromatic heterocycles. The van der Waals surface area contributed by atoms with Crippen LogP contribution in [0.3, 0.4) is 0 Å². The van der Waals surface area contributed by atoms with Gasteiger partial charge in [0.25, 0.3) is 5.69 Å². The van der Waals surface area contributed by atoms with Gasteiger partial charge in [0, 0.05) is 17.8 Å². The van der Waals surface area contributed by atoms with Gasteiger partial charge >= 0.3 is 0 Å². The SMILES string of the molecule is Cc1cnc(NC2CCC(C)(C)CC2)cc1[N+](=O)[O-]. The van der Waals surface area contributed by atoms with Gasteiger partial charge in [-0.25, -0.2) is 4.98 Å². The molecule has 19 heavy (non-hydrogen) atoms. The van der Waals surface area contributed by atoms with Crippen LogP contribution in [-0.2, 0) is 0 Å². The third-order valence-electron chi connectivity index (χ3n) is 3.96. The number of anilines is 1. The highest BCUT2D eigenvalue weighted by atomic mass is 16.6. The molecular formula is C14H21N3O2. The number of nitro groups is 1. The number of aromatic nitrogens is 1. The first-order chi connectivity index (χ1) is 8.87. The van der Waals surface area contributed by atoms with Gasteiger partial charge in [-0.15, -0.1) is 0 Å². The zero-order valence-electron chi connectivity index (χ0n) is 11.8. The van der Waals surface area contributed by atoms with Crippen molar-refractivity contribution < 1.29 is 4.92 Å². The van der Waals surface area contributed by atoms with Crippen molar-refractivity contribution in [3.05, 3.63) is 27.9 Å². The van der Waals surface area contributed by atoms with Crippen LogP contribution in [0.25, 0.3) is 0 Å². The number of nitrogens with zero attached hydrogens (tertiary/aromatic N) is 2. The van der Waals surface area contributed by atoms with Crippen LogP contribution in [0.15, 0.2) is 12.3 Å². The predicted molar refractivity (Wildman–Crippen MR) is 75.3 cm³/mol. The van der Waals surface area contributed by atoms with Gasteiger partial charge in [-0.05, 0) is 38.0 Å². The molecule has 1 aromatic rings. The lowest BCUT2D eigenvalue weighted by Gasteiger charge is -2.34. The monoisotopic (exact) mass is 263 g/mol. The van der Waals surface area contributed by atoms with E-state index in [1.54, 1.807) is 13.1 Å². The zero-order chi connectivity index (χ0) is 14.0. The molecular weight excluding hydrogens is 242 g/mol. The molecule has 5 heteroatoms. The Kier molecular flexibility index (Phi) is 3.73. The Labute approximate surface area is 113 Å². The fraction of sp³-hybridized carbons (Fsp3) is 0.643. The van der Waals surface area contributed by atoms with Crippen molar-refractivity contribution in [2.75, 3.05) is 5.32 Å². The number of nitrogens with one attached hydrogen (secondary N) is 1. The van der Waals surface area contributed by atoms with Crippen molar-refractivity contribution in [1.29, 1.82) is 0 Å². The normalized spacial score (nSPS) is 19.1. The molecule has 1 saturated carbocycles. The molecule has 1 fully saturated rings. The number of hydrogen-bond acceptors (Lipinski definition) is 4. The molecule has 0 amide bonds. The second-order valence-corrected chi connectivity index (χ2v) is 6.20. The van der Waals surface area contributed by atoms with Crippen molar-refractivity contribution in [3.63, 3.8) is 0 Å². The van der Waals surface area contributed by atoms with E-state index in [0.717, 1.165) is 12.8 Å². The maximum absolute atomic E-state index is 10.9. The van der Waals surface area contributed by atoms with Crippen LogP contribution in [0, 0.1) is 22.5 Å². The molecule has 0 bridgehead atoms. The predicted octanol–water partition coefficient (Wildman–Crippen LogP) is 3.68. The highest BCUT2D eigenvalue weighted by molar-refractivity contribution is 5.49. The van der Waals surface area contributed by atoms with Crippen LogP contribution in [0.1, 0.15) is 45.1 Å². The minimum Gasteiger partial charge on any atom is -0.367 e. The van der Waals surface area contributed by atoms with E-state index in [-0.39, 0.29) is 10.6 Å². The summed E-state index contributed by atoms with van der Waals surface area (Å²) in [4.78, 5) is 14.8. The molecule has 1 aliphatic carbocycles. The number of aryl methyl sites for hydroxylation is 1. The Morgan fingerprint density at radius 3 is 2.63 bits per heavy atom. The number of pyridine rings is 1. The summed E-state index contributed by atoms with van der Waals surface area (Å²) in [5, 5.41) is 14.2. The minimum absolute atomic E-state index is 0.133. The first-order valence-electron chi connectivity index (χ1n) is 6.75. The Balaban J connectivity index is 2.04. The Morgan fingerprint density at radius 1 is 1.42 bits per heavy atom. The van der Waals surface area contributed by atoms with Crippen LogP contribution in [0.2, 0.25) is 0 Å². The smallest absolute Gasteiger partial charge is 0.277 e. The molecule has 0 atom stereocenters. The zero-order valence-corrected chi connectivity index (χ0v) is 11.8. The van der Waals surface area contributed by atoms with Gasteiger partial charge in [-0.2, -0.15) is 0 Å². The quantitative estimate of drug-likeness (QED) is 0.667. The Hall–Kier alpha value is -1.65. The van der Waals surface area contributed by atoms with Crippen molar-refractivity contribution in [2.45, 2.75) is 52.5 Å². The van der Waals surface area contributed by atoms with Crippen molar-refractivity contribution >= 4 is 11.5 Å². The topological polar surface area (TPSA) is 68.1 Å². The van der Waals surface area contributed by atoms with Crippen molar-refractivity contribution in [2.24, 2.45) is 5.41 Å². The summed E-state index contributed by atoms with van der Waals surface area (Å²) in [6.07, 6.45) is 6.11. The summed E-state index contributed by atoms with van der Waals surface area (Å²) in [7, 11) is 0. The van der Waals surface area contributed by atoms with E-state index in [9.17, 15) is 10.1 Å². The van der Waals surface area contributed by atoms with Crippen molar-refractivity contribution in [3.8, 4) is 0 Å². The first kappa shape index (κ1) is 13.8. The largest absolute Gasteiger partial charge is 0.367 e. The maximum Gasteiger partial charge on any atom is 0.277 e. The van der Waals surface area contributed by atoms with Gasteiger partial charge in [-0.3, -0.25) is 10.1 Å². The summed E-state index contributed by atoms with van der Waals surface area (Å²) in [5.41, 5.74) is 1.15. The first-order valence-corrected chi connectivity index (χ1v) is 6.75. The second-order valence-electron chi connectivity index (χ2n) is 6.20. The molecule has 104 valence electrons. The average molecular weight is 263 g/mol. The molecule has 1 N–H and O–H groups in total. The van der Waals surface area contributed by atoms with Gasteiger partial charge in [0.1, 0.15) is 5.82 Å². The summed E-state index contributed by atoms with van der Waals surface area (Å²) in [6, 6.07) is 1.91. The lowest BCUT2D eigenvalue weighted by molar-refractivity contribution is -0.385. The molecule has 0 unspecified atom stereocenters. The summed E-state index contributed by atoms with van der Waals surface area (Å²) in [5.74, 6) is 0.613. The molecule has 5 nitrogen and oxygen atoms in total. The maximum atomic E-state index is 10.9. The lowest BCUT2D eigenvalue weighted by Crippen LogP contribution is -2.30. The van der Waals surface area contributed by atoms with Crippen LogP contribution < -0.4 is 5.32 Å². The summed E-state index contributed by atoms with van der Waals surface area (Å²) in [6.45, 7) is 6.29. The summed E-state index contributed by atoms with van der Waals surface area (Å²) < 4.78 is 0. The summed E-state index contributed by atoms with van der Waals surface area (Å²) >= 11 is 0. The van der Waals surface area contributed by atoms with Crippen LogP contribution >= 0.6 is 0 Å². The van der Waals surface area contributed by atoms with E-state index in [2.05, 4.69) is 24.1 Å². The molecule has 0 aromatic carbocycles. The van der Waals surface area contributed by atoms with Gasteiger partial charge < -0.3 is 5.32 Å². The van der Waals surface area contributed by atoms with E-state index in [4.69, 9.17) is 0 Å². The van der Waals surface area contributed by atoms with Crippen LogP contribution in [0.4, 0.5) is 11.5 Å². The van der Waals surface area contributed by atoms with E-state index in [0.29, 0.717) is 22.8 Å². The average Bonchev–Trinajstić information content (AvgIpc) is 2.34. The molecule has 0 radical (unpaired) electrons. The van der Waals surface area contributed by atoms with Gasteiger partial charge in [0.2, 0.25) is 0 Å². The van der Waals surface area contributed by atoms with Gasteiger partial charge in [0.05, 0.1) is 11.0 Å². The van der Waals surface area contributed by atoms with Crippen molar-refractivity contribution in [1.82, 2.24) is 4.98 Å². The number of hydrogen-bond donors (Lipinski definition) is 1. The lowest BCUT2D eigenvalue weighted by atomic mass is 9.75. The van der Waals surface area contributed by atoms with E-state index in [1.165, 1.54) is 18.9 Å². The molecule has 0 saturated heterocycles. The molecule has 1 heterocycles. The van der Waals surface area contributed by atoms with E-state index >= 15 is 0 Å². The fourth-order valence-corrected chi connectivity index (χ4v) is 2.54. The van der Waals surface area contributed by atoms with E-state index < -0.39 is 0 Å². The fourth-order valence-electron chi connectivity index (χ4n) is 2.54. The number of rotatable bonds is 3. The molecule has 1 aliphatic rings. The highest BCUT2D eigenvalue weighted by Gasteiger charge is 2.27. The van der Waals surface area contributed by atoms with Crippen LogP contribution in [0.5, 0.6) is 0 Å². The third kappa shape index (κ3) is 3.43. The standard InChI is InChI=1S/C14H21N3O2/c1-10-9-15-13(8-12(10)17(18)19)16-11-4-6-14(2,3)7-5-11/h8-9,11H,4-7H2,1-3H3,(H,15,16). The molecule has 2 rings (SSSR count). The molecule has 0 aliphatic heterocycles. The van der Waals surface area contributed by atoms with Gasteiger partial charge in [-0.1, -0.05) is 13.8 Å². The van der Waals surface area contributed by atoms with Crippen LogP contribution in [-0.4, -0.2) is 15.9 Å². The minimum atomic E-state index is -0.355. The molecule has 0 spiro atoms. The third-order valence-corrected chi connectivity index (χ3v) is 3.96. The Morgan fingerprint density at radius 2 is 2.05 bits per heavy atom. The Bertz CT molecular complexity index is 476. The second kappa shape index (κ2) is 5.15.